The second-order valence-corrected chi connectivity index (χ2v) is 6.20. The number of hydrogen-bond acceptors (Lipinski definition) is 4. The number of benzene rings is 1. The third-order valence-electron chi connectivity index (χ3n) is 4.19. The fourth-order valence-electron chi connectivity index (χ4n) is 2.90. The van der Waals surface area contributed by atoms with Gasteiger partial charge in [-0.2, -0.15) is 0 Å². The number of likely N-dealkylation sites (N-methyl/N-ethyl adjacent to an activating group) is 1. The molecule has 0 saturated carbocycles. The number of pyridine rings is 1. The van der Waals surface area contributed by atoms with Gasteiger partial charge < -0.3 is 15.5 Å². The Labute approximate surface area is 130 Å². The van der Waals surface area contributed by atoms with Gasteiger partial charge in [0.05, 0.1) is 5.52 Å². The van der Waals surface area contributed by atoms with Gasteiger partial charge >= 0.3 is 0 Å². The second kappa shape index (κ2) is 5.58. The van der Waals surface area contributed by atoms with E-state index >= 15 is 0 Å². The summed E-state index contributed by atoms with van der Waals surface area (Å²) in [5.74, 6) is 0.973. The van der Waals surface area contributed by atoms with Gasteiger partial charge in [-0.05, 0) is 32.6 Å². The van der Waals surface area contributed by atoms with Crippen LogP contribution in [-0.4, -0.2) is 48.1 Å². The minimum atomic E-state index is 0.429. The number of rotatable bonds is 3. The van der Waals surface area contributed by atoms with E-state index in [-0.39, 0.29) is 0 Å². The molecule has 1 unspecified atom stereocenters. The van der Waals surface area contributed by atoms with Gasteiger partial charge in [-0.25, -0.2) is 4.98 Å². The minimum absolute atomic E-state index is 0.429. The van der Waals surface area contributed by atoms with E-state index < -0.39 is 0 Å². The van der Waals surface area contributed by atoms with E-state index in [4.69, 9.17) is 22.9 Å². The molecular weight excluding hydrogens is 280 g/mol. The fourth-order valence-corrected chi connectivity index (χ4v) is 3.07. The van der Waals surface area contributed by atoms with Crippen LogP contribution >= 0.6 is 12.2 Å². The van der Waals surface area contributed by atoms with Gasteiger partial charge in [0.25, 0.3) is 0 Å². The van der Waals surface area contributed by atoms with Crippen LogP contribution in [0.25, 0.3) is 10.9 Å². The molecule has 1 atom stereocenters. The zero-order valence-corrected chi connectivity index (χ0v) is 13.2. The Morgan fingerprint density at radius 1 is 1.38 bits per heavy atom. The zero-order chi connectivity index (χ0) is 15.0. The molecule has 110 valence electrons. The summed E-state index contributed by atoms with van der Waals surface area (Å²) >= 11 is 5.21. The van der Waals surface area contributed by atoms with Crippen LogP contribution in [0.3, 0.4) is 0 Å². The van der Waals surface area contributed by atoms with Crippen molar-refractivity contribution in [1.82, 2.24) is 9.88 Å². The number of anilines is 1. The molecular formula is C16H20N4S. The Kier molecular flexibility index (Phi) is 3.78. The molecule has 0 aliphatic carbocycles. The van der Waals surface area contributed by atoms with Crippen molar-refractivity contribution >= 4 is 33.9 Å². The maximum absolute atomic E-state index is 5.90. The molecule has 1 saturated heterocycles. The maximum atomic E-state index is 5.90. The third kappa shape index (κ3) is 2.71. The molecule has 2 N–H and O–H groups in total. The predicted octanol–water partition coefficient (Wildman–Crippen LogP) is 2.01. The lowest BCUT2D eigenvalue weighted by Gasteiger charge is -2.22. The highest BCUT2D eigenvalue weighted by atomic mass is 32.1. The van der Waals surface area contributed by atoms with Crippen LogP contribution in [0.15, 0.2) is 30.3 Å². The zero-order valence-electron chi connectivity index (χ0n) is 12.4. The van der Waals surface area contributed by atoms with E-state index in [0.29, 0.717) is 11.0 Å². The molecule has 1 aliphatic heterocycles. The summed E-state index contributed by atoms with van der Waals surface area (Å²) in [5, 5.41) is 1.03. The molecule has 1 fully saturated rings. The molecule has 0 radical (unpaired) electrons. The van der Waals surface area contributed by atoms with E-state index in [1.165, 1.54) is 0 Å². The summed E-state index contributed by atoms with van der Waals surface area (Å²) < 4.78 is 0. The average Bonchev–Trinajstić information content (AvgIpc) is 2.96. The predicted molar refractivity (Wildman–Crippen MR) is 91.9 cm³/mol. The molecule has 0 bridgehead atoms. The number of hydrogen-bond donors (Lipinski definition) is 1. The molecule has 0 amide bonds. The first-order valence-electron chi connectivity index (χ1n) is 7.17. The first-order valence-corrected chi connectivity index (χ1v) is 7.58. The summed E-state index contributed by atoms with van der Waals surface area (Å²) in [5.41, 5.74) is 7.77. The van der Waals surface area contributed by atoms with Crippen molar-refractivity contribution < 1.29 is 0 Å². The monoisotopic (exact) mass is 300 g/mol. The quantitative estimate of drug-likeness (QED) is 0.879. The smallest absolute Gasteiger partial charge is 0.130 e. The van der Waals surface area contributed by atoms with Gasteiger partial charge in [0.1, 0.15) is 10.8 Å². The number of nitrogens with two attached hydrogens (primary N) is 1. The lowest BCUT2D eigenvalue weighted by atomic mass is 10.1. The molecule has 1 aromatic carbocycles. The molecule has 0 spiro atoms. The van der Waals surface area contributed by atoms with Crippen molar-refractivity contribution in [1.29, 1.82) is 0 Å². The van der Waals surface area contributed by atoms with Crippen LogP contribution in [-0.2, 0) is 0 Å². The van der Waals surface area contributed by atoms with Crippen molar-refractivity contribution in [3.05, 3.63) is 35.9 Å². The van der Waals surface area contributed by atoms with Crippen LogP contribution < -0.4 is 10.6 Å². The molecule has 5 heteroatoms. The van der Waals surface area contributed by atoms with Crippen LogP contribution in [0.4, 0.5) is 5.82 Å². The molecule has 1 aliphatic rings. The average molecular weight is 300 g/mol. The number of para-hydroxylation sites is 1. The Hall–Kier alpha value is -1.72. The SMILES string of the molecule is CN(C)C1CCN(c2cc(C(N)=S)c3ccccc3n2)C1. The second-order valence-electron chi connectivity index (χ2n) is 5.76. The first kappa shape index (κ1) is 14.2. The largest absolute Gasteiger partial charge is 0.389 e. The van der Waals surface area contributed by atoms with E-state index in [2.05, 4.69) is 23.9 Å². The molecule has 21 heavy (non-hydrogen) atoms. The van der Waals surface area contributed by atoms with Gasteiger partial charge in [-0.1, -0.05) is 30.4 Å². The first-order chi connectivity index (χ1) is 10.1. The topological polar surface area (TPSA) is 45.4 Å². The van der Waals surface area contributed by atoms with E-state index in [0.717, 1.165) is 41.8 Å². The maximum Gasteiger partial charge on any atom is 0.130 e. The lowest BCUT2D eigenvalue weighted by molar-refractivity contribution is 0.315. The summed E-state index contributed by atoms with van der Waals surface area (Å²) in [6.07, 6.45) is 1.16. The van der Waals surface area contributed by atoms with Crippen molar-refractivity contribution in [3.8, 4) is 0 Å². The third-order valence-corrected chi connectivity index (χ3v) is 4.41. The van der Waals surface area contributed by atoms with E-state index in [1.54, 1.807) is 0 Å². The lowest BCUT2D eigenvalue weighted by Crippen LogP contribution is -2.31. The summed E-state index contributed by atoms with van der Waals surface area (Å²) in [4.78, 5) is 9.81. The van der Waals surface area contributed by atoms with Crippen molar-refractivity contribution in [2.24, 2.45) is 5.73 Å². The van der Waals surface area contributed by atoms with Gasteiger partial charge in [-0.3, -0.25) is 0 Å². The minimum Gasteiger partial charge on any atom is -0.389 e. The number of aromatic nitrogens is 1. The molecule has 4 nitrogen and oxygen atoms in total. The van der Waals surface area contributed by atoms with Crippen molar-refractivity contribution in [3.63, 3.8) is 0 Å². The van der Waals surface area contributed by atoms with Crippen molar-refractivity contribution in [2.45, 2.75) is 12.5 Å². The molecule has 3 rings (SSSR count). The Morgan fingerprint density at radius 2 is 2.14 bits per heavy atom. The van der Waals surface area contributed by atoms with Crippen LogP contribution in [0, 0.1) is 0 Å². The molecule has 2 aromatic rings. The van der Waals surface area contributed by atoms with Crippen molar-refractivity contribution in [2.75, 3.05) is 32.1 Å². The van der Waals surface area contributed by atoms with Gasteiger partial charge in [0.15, 0.2) is 0 Å². The highest BCUT2D eigenvalue weighted by Gasteiger charge is 2.25. The van der Waals surface area contributed by atoms with Crippen LogP contribution in [0.5, 0.6) is 0 Å². The van der Waals surface area contributed by atoms with Gasteiger partial charge in [0, 0.05) is 30.1 Å². The number of nitrogens with zero attached hydrogens (tertiary/aromatic N) is 3. The van der Waals surface area contributed by atoms with Gasteiger partial charge in [-0.15, -0.1) is 0 Å². The van der Waals surface area contributed by atoms with E-state index in [9.17, 15) is 0 Å². The Balaban J connectivity index is 2.02. The highest BCUT2D eigenvalue weighted by Crippen LogP contribution is 2.26. The summed E-state index contributed by atoms with van der Waals surface area (Å²) in [7, 11) is 4.25. The molecule has 1 aromatic heterocycles. The van der Waals surface area contributed by atoms with Crippen LogP contribution in [0.1, 0.15) is 12.0 Å². The van der Waals surface area contributed by atoms with Gasteiger partial charge in [0.2, 0.25) is 0 Å². The standard InChI is InChI=1S/C16H20N4S/c1-19(2)11-7-8-20(10-11)15-9-13(16(17)21)12-5-3-4-6-14(12)18-15/h3-6,9,11H,7-8,10H2,1-2H3,(H2,17,21). The number of fused-ring (bicyclic) bond motifs is 1. The van der Waals surface area contributed by atoms with E-state index in [1.807, 2.05) is 30.3 Å². The fraction of sp³-hybridized carbons (Fsp3) is 0.375. The molecule has 2 heterocycles. The Morgan fingerprint density at radius 3 is 2.81 bits per heavy atom. The Bertz CT molecular complexity index is 683. The van der Waals surface area contributed by atoms with Crippen LogP contribution in [0.2, 0.25) is 0 Å². The summed E-state index contributed by atoms with van der Waals surface area (Å²) in [6.45, 7) is 2.01. The highest BCUT2D eigenvalue weighted by molar-refractivity contribution is 7.80. The normalized spacial score (nSPS) is 18.6. The summed E-state index contributed by atoms with van der Waals surface area (Å²) in [6, 6.07) is 10.6. The number of thiocarbonyl (C=S) groups is 1.